The number of hydrogen-bond donors (Lipinski definition) is 1. The molecule has 6 heteroatoms. The number of nitrogens with zero attached hydrogens (tertiary/aromatic N) is 2. The van der Waals surface area contributed by atoms with Crippen LogP contribution in [-0.4, -0.2) is 35.9 Å². The van der Waals surface area contributed by atoms with Crippen molar-refractivity contribution in [2.24, 2.45) is 0 Å². The Balaban J connectivity index is 2.00. The highest BCUT2D eigenvalue weighted by Crippen LogP contribution is 2.14. The van der Waals surface area contributed by atoms with Crippen LogP contribution in [-0.2, 0) is 9.84 Å². The van der Waals surface area contributed by atoms with Gasteiger partial charge in [0.1, 0.15) is 0 Å². The van der Waals surface area contributed by atoms with Crippen molar-refractivity contribution in [1.29, 1.82) is 0 Å². The highest BCUT2D eigenvalue weighted by Gasteiger charge is 2.33. The fraction of sp³-hybridized carbons (Fsp3) is 0.500. The summed E-state index contributed by atoms with van der Waals surface area (Å²) in [5.41, 5.74) is 0.865. The molecule has 1 N–H and O–H groups in total. The minimum atomic E-state index is -2.78. The molecule has 0 atom stereocenters. The monoisotopic (exact) mass is 213 g/mol. The topological polar surface area (TPSA) is 72.0 Å². The van der Waals surface area contributed by atoms with E-state index in [9.17, 15) is 8.42 Å². The molecule has 1 aromatic heterocycles. The predicted molar refractivity (Wildman–Crippen MR) is 52.8 cm³/mol. The molecule has 0 saturated carbocycles. The van der Waals surface area contributed by atoms with Crippen LogP contribution < -0.4 is 5.32 Å². The van der Waals surface area contributed by atoms with Gasteiger partial charge in [-0.25, -0.2) is 18.4 Å². The van der Waals surface area contributed by atoms with Gasteiger partial charge >= 0.3 is 0 Å². The Morgan fingerprint density at radius 2 is 2.21 bits per heavy atom. The van der Waals surface area contributed by atoms with E-state index in [1.807, 2.05) is 6.92 Å². The lowest BCUT2D eigenvalue weighted by Gasteiger charge is -2.26. The first-order chi connectivity index (χ1) is 6.55. The highest BCUT2D eigenvalue weighted by atomic mass is 32.2. The van der Waals surface area contributed by atoms with Crippen LogP contribution in [0.3, 0.4) is 0 Å². The third-order valence-corrected chi connectivity index (χ3v) is 3.86. The molecule has 1 aliphatic rings. The standard InChI is InChI=1S/C8H11N3O2S/c1-6-2-3-9-8(10-6)11-7-4-14(12,13)5-7/h2-3,7H,4-5H2,1H3,(H,9,10,11). The second-order valence-electron chi connectivity index (χ2n) is 3.44. The van der Waals surface area contributed by atoms with Crippen molar-refractivity contribution in [3.05, 3.63) is 18.0 Å². The zero-order chi connectivity index (χ0) is 10.2. The van der Waals surface area contributed by atoms with Crippen LogP contribution in [0.4, 0.5) is 5.95 Å². The van der Waals surface area contributed by atoms with Crippen LogP contribution in [0, 0.1) is 6.92 Å². The second kappa shape index (κ2) is 3.20. The molecular weight excluding hydrogens is 202 g/mol. The number of rotatable bonds is 2. The van der Waals surface area contributed by atoms with E-state index in [1.54, 1.807) is 12.3 Å². The van der Waals surface area contributed by atoms with Gasteiger partial charge in [0, 0.05) is 11.9 Å². The van der Waals surface area contributed by atoms with E-state index >= 15 is 0 Å². The number of aromatic nitrogens is 2. The van der Waals surface area contributed by atoms with Gasteiger partial charge in [0.25, 0.3) is 0 Å². The van der Waals surface area contributed by atoms with Gasteiger partial charge < -0.3 is 5.32 Å². The Labute approximate surface area is 82.5 Å². The Kier molecular flexibility index (Phi) is 2.14. The van der Waals surface area contributed by atoms with Crippen LogP contribution in [0.5, 0.6) is 0 Å². The summed E-state index contributed by atoms with van der Waals surface area (Å²) in [6, 6.07) is 1.77. The predicted octanol–water partition coefficient (Wildman–Crippen LogP) is -0.00608. The van der Waals surface area contributed by atoms with Crippen molar-refractivity contribution in [3.63, 3.8) is 0 Å². The van der Waals surface area contributed by atoms with Gasteiger partial charge in [-0.15, -0.1) is 0 Å². The minimum Gasteiger partial charge on any atom is -0.349 e. The van der Waals surface area contributed by atoms with Gasteiger partial charge in [0.05, 0.1) is 17.5 Å². The summed E-state index contributed by atoms with van der Waals surface area (Å²) in [6.07, 6.45) is 1.65. The first kappa shape index (κ1) is 9.39. The maximum Gasteiger partial charge on any atom is 0.223 e. The summed E-state index contributed by atoms with van der Waals surface area (Å²) in [7, 11) is -2.78. The van der Waals surface area contributed by atoms with E-state index in [0.29, 0.717) is 5.95 Å². The molecule has 76 valence electrons. The van der Waals surface area contributed by atoms with E-state index in [0.717, 1.165) is 5.69 Å². The molecule has 1 saturated heterocycles. The average Bonchev–Trinajstić information content (AvgIpc) is 2.00. The number of anilines is 1. The van der Waals surface area contributed by atoms with E-state index in [1.165, 1.54) is 0 Å². The molecule has 0 spiro atoms. The van der Waals surface area contributed by atoms with Gasteiger partial charge in [-0.1, -0.05) is 0 Å². The van der Waals surface area contributed by atoms with Crippen LogP contribution in [0.15, 0.2) is 12.3 Å². The lowest BCUT2D eigenvalue weighted by molar-refractivity contribution is 0.570. The molecule has 14 heavy (non-hydrogen) atoms. The van der Waals surface area contributed by atoms with E-state index < -0.39 is 9.84 Å². The van der Waals surface area contributed by atoms with Crippen molar-refractivity contribution in [2.75, 3.05) is 16.8 Å². The summed E-state index contributed by atoms with van der Waals surface area (Å²) >= 11 is 0. The molecule has 2 rings (SSSR count). The van der Waals surface area contributed by atoms with Crippen molar-refractivity contribution in [1.82, 2.24) is 9.97 Å². The smallest absolute Gasteiger partial charge is 0.223 e. The van der Waals surface area contributed by atoms with Gasteiger partial charge in [0.15, 0.2) is 9.84 Å². The Morgan fingerprint density at radius 1 is 1.50 bits per heavy atom. The van der Waals surface area contributed by atoms with Crippen LogP contribution in [0.1, 0.15) is 5.69 Å². The van der Waals surface area contributed by atoms with Crippen LogP contribution in [0.25, 0.3) is 0 Å². The molecule has 0 bridgehead atoms. The SMILES string of the molecule is Cc1ccnc(NC2CS(=O)(=O)C2)n1. The summed E-state index contributed by atoms with van der Waals surface area (Å²) in [4.78, 5) is 8.12. The lowest BCUT2D eigenvalue weighted by Crippen LogP contribution is -2.46. The fourth-order valence-electron chi connectivity index (χ4n) is 1.35. The summed E-state index contributed by atoms with van der Waals surface area (Å²) in [5.74, 6) is 0.874. The normalized spacial score (nSPS) is 20.1. The number of nitrogens with one attached hydrogen (secondary N) is 1. The maximum absolute atomic E-state index is 10.9. The van der Waals surface area contributed by atoms with Gasteiger partial charge in [-0.3, -0.25) is 0 Å². The van der Waals surface area contributed by atoms with Crippen LogP contribution in [0.2, 0.25) is 0 Å². The molecule has 1 fully saturated rings. The van der Waals surface area contributed by atoms with Crippen LogP contribution >= 0.6 is 0 Å². The summed E-state index contributed by atoms with van der Waals surface area (Å²) < 4.78 is 21.7. The van der Waals surface area contributed by atoms with Crippen molar-refractivity contribution < 1.29 is 8.42 Å². The van der Waals surface area contributed by atoms with Crippen molar-refractivity contribution in [3.8, 4) is 0 Å². The molecule has 2 heterocycles. The summed E-state index contributed by atoms with van der Waals surface area (Å²) in [5, 5.41) is 2.97. The molecule has 0 amide bonds. The van der Waals surface area contributed by atoms with Gasteiger partial charge in [-0.05, 0) is 13.0 Å². The molecule has 0 aromatic carbocycles. The third-order valence-electron chi connectivity index (χ3n) is 2.04. The molecular formula is C8H11N3O2S. The zero-order valence-electron chi connectivity index (χ0n) is 7.77. The summed E-state index contributed by atoms with van der Waals surface area (Å²) in [6.45, 7) is 1.87. The Bertz CT molecular complexity index is 432. The highest BCUT2D eigenvalue weighted by molar-refractivity contribution is 7.92. The van der Waals surface area contributed by atoms with E-state index in [2.05, 4.69) is 15.3 Å². The third kappa shape index (κ3) is 2.01. The second-order valence-corrected chi connectivity index (χ2v) is 5.59. The molecule has 0 radical (unpaired) electrons. The zero-order valence-corrected chi connectivity index (χ0v) is 8.58. The van der Waals surface area contributed by atoms with Gasteiger partial charge in [-0.2, -0.15) is 0 Å². The molecule has 1 aliphatic heterocycles. The van der Waals surface area contributed by atoms with E-state index in [-0.39, 0.29) is 17.5 Å². The lowest BCUT2D eigenvalue weighted by atomic mass is 10.4. The minimum absolute atomic E-state index is 0.0261. The van der Waals surface area contributed by atoms with Gasteiger partial charge in [0.2, 0.25) is 5.95 Å². The average molecular weight is 213 g/mol. The number of sulfone groups is 1. The number of hydrogen-bond acceptors (Lipinski definition) is 5. The van der Waals surface area contributed by atoms with E-state index in [4.69, 9.17) is 0 Å². The first-order valence-electron chi connectivity index (χ1n) is 4.32. The number of aryl methyl sites for hydroxylation is 1. The quantitative estimate of drug-likeness (QED) is 0.748. The molecule has 5 nitrogen and oxygen atoms in total. The molecule has 1 aromatic rings. The van der Waals surface area contributed by atoms with Crippen molar-refractivity contribution >= 4 is 15.8 Å². The largest absolute Gasteiger partial charge is 0.349 e. The first-order valence-corrected chi connectivity index (χ1v) is 6.14. The Hall–Kier alpha value is -1.17. The Morgan fingerprint density at radius 3 is 2.79 bits per heavy atom. The maximum atomic E-state index is 10.9. The molecule has 0 aliphatic carbocycles. The molecule has 0 unspecified atom stereocenters. The fourth-order valence-corrected chi connectivity index (χ4v) is 2.64. The van der Waals surface area contributed by atoms with Crippen molar-refractivity contribution in [2.45, 2.75) is 13.0 Å².